The first-order chi connectivity index (χ1) is 10.7. The van der Waals surface area contributed by atoms with Crippen molar-refractivity contribution in [3.05, 3.63) is 35.4 Å². The minimum Gasteiger partial charge on any atom is -0.444 e. The molecule has 0 saturated carbocycles. The van der Waals surface area contributed by atoms with Crippen LogP contribution in [0.15, 0.2) is 18.2 Å². The van der Waals surface area contributed by atoms with Crippen molar-refractivity contribution in [2.45, 2.75) is 44.1 Å². The third kappa shape index (κ3) is 4.92. The molecule has 2 atom stereocenters. The number of amides is 1. The number of Topliss-reactive ketones (excluding diaryl/α,β-unsaturated/α-hetero) is 1. The highest BCUT2D eigenvalue weighted by Crippen LogP contribution is 2.39. The molecule has 2 unspecified atom stereocenters. The van der Waals surface area contributed by atoms with Crippen LogP contribution in [0, 0.1) is 11.6 Å². The van der Waals surface area contributed by atoms with E-state index >= 15 is 0 Å². The fraction of sp³-hybridized carbons (Fsp3) is 0.500. The highest BCUT2D eigenvalue weighted by molar-refractivity contribution is 8.00. The number of carbonyl (C=O) groups excluding carboxylic acids is 2. The van der Waals surface area contributed by atoms with Crippen LogP contribution in [0.1, 0.15) is 38.0 Å². The quantitative estimate of drug-likeness (QED) is 0.891. The molecule has 2 rings (SSSR count). The van der Waals surface area contributed by atoms with Crippen LogP contribution in [0.25, 0.3) is 0 Å². The molecule has 1 aromatic rings. The Kier molecular flexibility index (Phi) is 5.29. The van der Waals surface area contributed by atoms with Crippen molar-refractivity contribution >= 4 is 23.6 Å². The molecule has 1 N–H and O–H groups in total. The lowest BCUT2D eigenvalue weighted by Crippen LogP contribution is -2.45. The summed E-state index contributed by atoms with van der Waals surface area (Å²) in [5.74, 6) is -0.971. The summed E-state index contributed by atoms with van der Waals surface area (Å²) in [4.78, 5) is 23.6. The van der Waals surface area contributed by atoms with Crippen LogP contribution >= 0.6 is 11.8 Å². The zero-order chi connectivity index (χ0) is 17.2. The van der Waals surface area contributed by atoms with E-state index in [1.54, 1.807) is 20.8 Å². The van der Waals surface area contributed by atoms with Gasteiger partial charge in [-0.2, -0.15) is 0 Å². The van der Waals surface area contributed by atoms with Gasteiger partial charge in [0, 0.05) is 12.0 Å². The van der Waals surface area contributed by atoms with Gasteiger partial charge in [-0.15, -0.1) is 11.8 Å². The second-order valence-electron chi connectivity index (χ2n) is 6.39. The van der Waals surface area contributed by atoms with E-state index in [0.717, 1.165) is 18.2 Å². The fourth-order valence-electron chi connectivity index (χ4n) is 2.33. The molecule has 1 aliphatic heterocycles. The van der Waals surface area contributed by atoms with Gasteiger partial charge in [-0.1, -0.05) is 0 Å². The third-order valence-electron chi connectivity index (χ3n) is 3.20. The standard InChI is InChI=1S/C16H19F2NO3S/c1-16(2,3)22-15(21)19-13-7-10(20)8-23-14(13)11-6-9(17)4-5-12(11)18/h4-6,13-14H,7-8H2,1-3H3,(H,19,21). The molecular weight excluding hydrogens is 324 g/mol. The molecule has 1 heterocycles. The highest BCUT2D eigenvalue weighted by Gasteiger charge is 2.35. The van der Waals surface area contributed by atoms with E-state index in [9.17, 15) is 18.4 Å². The monoisotopic (exact) mass is 343 g/mol. The Morgan fingerprint density at radius 1 is 1.35 bits per heavy atom. The normalized spacial score (nSPS) is 21.9. The molecule has 0 radical (unpaired) electrons. The van der Waals surface area contributed by atoms with Crippen molar-refractivity contribution in [1.29, 1.82) is 0 Å². The molecular formula is C16H19F2NO3S. The number of nitrogens with one attached hydrogen (secondary N) is 1. The van der Waals surface area contributed by atoms with Crippen LogP contribution in [-0.4, -0.2) is 29.3 Å². The molecule has 1 amide bonds. The Hall–Kier alpha value is -1.63. The molecule has 23 heavy (non-hydrogen) atoms. The Morgan fingerprint density at radius 2 is 2.04 bits per heavy atom. The zero-order valence-corrected chi connectivity index (χ0v) is 14.0. The van der Waals surface area contributed by atoms with Crippen molar-refractivity contribution in [3.63, 3.8) is 0 Å². The van der Waals surface area contributed by atoms with Crippen molar-refractivity contribution in [2.24, 2.45) is 0 Å². The molecule has 0 aliphatic carbocycles. The largest absolute Gasteiger partial charge is 0.444 e. The van der Waals surface area contributed by atoms with E-state index in [1.807, 2.05) is 0 Å². The first-order valence-corrected chi connectivity index (χ1v) is 8.28. The smallest absolute Gasteiger partial charge is 0.407 e. The highest BCUT2D eigenvalue weighted by atomic mass is 32.2. The maximum absolute atomic E-state index is 14.0. The number of hydrogen-bond donors (Lipinski definition) is 1. The zero-order valence-electron chi connectivity index (χ0n) is 13.2. The minimum absolute atomic E-state index is 0.0517. The predicted octanol–water partition coefficient (Wildman–Crippen LogP) is 3.61. The Balaban J connectivity index is 2.21. The van der Waals surface area contributed by atoms with Crippen LogP contribution in [-0.2, 0) is 9.53 Å². The van der Waals surface area contributed by atoms with E-state index < -0.39 is 34.6 Å². The Morgan fingerprint density at radius 3 is 2.70 bits per heavy atom. The summed E-state index contributed by atoms with van der Waals surface area (Å²) in [5.41, 5.74) is -0.543. The third-order valence-corrected chi connectivity index (χ3v) is 4.63. The number of ether oxygens (including phenoxy) is 1. The van der Waals surface area contributed by atoms with E-state index in [1.165, 1.54) is 11.8 Å². The van der Waals surface area contributed by atoms with Crippen molar-refractivity contribution in [3.8, 4) is 0 Å². The summed E-state index contributed by atoms with van der Waals surface area (Å²) in [6.07, 6.45) is -0.619. The second-order valence-corrected chi connectivity index (χ2v) is 7.52. The lowest BCUT2D eigenvalue weighted by molar-refractivity contribution is -0.117. The molecule has 0 spiro atoms. The number of benzene rings is 1. The molecule has 1 fully saturated rings. The molecule has 1 aromatic carbocycles. The topological polar surface area (TPSA) is 55.4 Å². The van der Waals surface area contributed by atoms with E-state index in [-0.39, 0.29) is 23.5 Å². The molecule has 0 bridgehead atoms. The first-order valence-electron chi connectivity index (χ1n) is 7.23. The summed E-state index contributed by atoms with van der Waals surface area (Å²) in [6, 6.07) is 2.54. The summed E-state index contributed by atoms with van der Waals surface area (Å²) in [5, 5.41) is 2.06. The first kappa shape index (κ1) is 17.7. The lowest BCUT2D eigenvalue weighted by atomic mass is 9.99. The summed E-state index contributed by atoms with van der Waals surface area (Å²) in [7, 11) is 0. The average molecular weight is 343 g/mol. The molecule has 7 heteroatoms. The molecule has 1 aliphatic rings. The van der Waals surface area contributed by atoms with Crippen molar-refractivity contribution in [1.82, 2.24) is 5.32 Å². The van der Waals surface area contributed by atoms with Crippen LogP contribution in [0.4, 0.5) is 13.6 Å². The summed E-state index contributed by atoms with van der Waals surface area (Å²) in [6.45, 7) is 5.16. The number of carbonyl (C=O) groups is 2. The predicted molar refractivity (Wildman–Crippen MR) is 84.3 cm³/mol. The van der Waals surface area contributed by atoms with Gasteiger partial charge in [0.05, 0.1) is 17.0 Å². The second kappa shape index (κ2) is 6.86. The number of halogens is 2. The van der Waals surface area contributed by atoms with Crippen LogP contribution in [0.2, 0.25) is 0 Å². The maximum Gasteiger partial charge on any atom is 0.407 e. The molecule has 1 saturated heterocycles. The Labute approximate surface area is 138 Å². The number of hydrogen-bond acceptors (Lipinski definition) is 4. The van der Waals surface area contributed by atoms with Gasteiger partial charge >= 0.3 is 6.09 Å². The van der Waals surface area contributed by atoms with Crippen LogP contribution in [0.5, 0.6) is 0 Å². The van der Waals surface area contributed by atoms with Crippen molar-refractivity contribution in [2.75, 3.05) is 5.75 Å². The van der Waals surface area contributed by atoms with Crippen LogP contribution in [0.3, 0.4) is 0 Å². The SMILES string of the molecule is CC(C)(C)OC(=O)NC1CC(=O)CSC1c1cc(F)ccc1F. The van der Waals surface area contributed by atoms with Gasteiger partial charge in [-0.05, 0) is 39.0 Å². The lowest BCUT2D eigenvalue weighted by Gasteiger charge is -2.32. The van der Waals surface area contributed by atoms with Gasteiger partial charge in [0.2, 0.25) is 0 Å². The van der Waals surface area contributed by atoms with E-state index in [0.29, 0.717) is 0 Å². The maximum atomic E-state index is 14.0. The van der Waals surface area contributed by atoms with Gasteiger partial charge in [0.25, 0.3) is 0 Å². The molecule has 0 aromatic heterocycles. The van der Waals surface area contributed by atoms with Gasteiger partial charge in [-0.25, -0.2) is 13.6 Å². The number of thioether (sulfide) groups is 1. The minimum atomic E-state index is -0.685. The summed E-state index contributed by atoms with van der Waals surface area (Å²) < 4.78 is 32.6. The number of ketones is 1. The summed E-state index contributed by atoms with van der Waals surface area (Å²) >= 11 is 1.19. The van der Waals surface area contributed by atoms with Crippen LogP contribution < -0.4 is 5.32 Å². The van der Waals surface area contributed by atoms with E-state index in [2.05, 4.69) is 5.32 Å². The van der Waals surface area contributed by atoms with Gasteiger partial charge in [0.15, 0.2) is 0 Å². The Bertz CT molecular complexity index is 616. The average Bonchev–Trinajstić information content (AvgIpc) is 2.40. The molecule has 4 nitrogen and oxygen atoms in total. The number of alkyl carbamates (subject to hydrolysis) is 1. The fourth-order valence-corrected chi connectivity index (χ4v) is 3.58. The van der Waals surface area contributed by atoms with Gasteiger partial charge in [-0.3, -0.25) is 4.79 Å². The molecule has 126 valence electrons. The van der Waals surface area contributed by atoms with Gasteiger partial charge < -0.3 is 10.1 Å². The van der Waals surface area contributed by atoms with Crippen molar-refractivity contribution < 1.29 is 23.1 Å². The van der Waals surface area contributed by atoms with Gasteiger partial charge in [0.1, 0.15) is 23.0 Å². The number of rotatable bonds is 2. The van der Waals surface area contributed by atoms with E-state index in [4.69, 9.17) is 4.74 Å².